The van der Waals surface area contributed by atoms with E-state index >= 15 is 0 Å². The zero-order chi connectivity index (χ0) is 19.7. The van der Waals surface area contributed by atoms with Crippen molar-refractivity contribution in [2.45, 2.75) is 19.4 Å². The number of hydrogen-bond donors (Lipinski definition) is 2. The number of rotatable bonds is 5. The standard InChI is InChI=1S/C20H24N6O2/c1-3-26(12-18-23-17-7-5-4-6-14(17)19(27)24-18)20(28)16-10-21-9-15(16)13-8-22-25(2)11-13/h4-8,11,15-16,21H,3,9-10,12H2,1-2H3,(H,23,24,27)/t15-,16+/m1/s1. The van der Waals surface area contributed by atoms with E-state index in [2.05, 4.69) is 20.4 Å². The van der Waals surface area contributed by atoms with Crippen LogP contribution in [-0.4, -0.2) is 50.2 Å². The summed E-state index contributed by atoms with van der Waals surface area (Å²) in [7, 11) is 1.88. The average molecular weight is 380 g/mol. The lowest BCUT2D eigenvalue weighted by molar-refractivity contribution is -0.135. The molecule has 8 heteroatoms. The van der Waals surface area contributed by atoms with E-state index in [1.807, 2.05) is 44.6 Å². The monoisotopic (exact) mass is 380 g/mol. The lowest BCUT2D eigenvalue weighted by atomic mass is 9.90. The Morgan fingerprint density at radius 1 is 1.32 bits per heavy atom. The summed E-state index contributed by atoms with van der Waals surface area (Å²) in [6.07, 6.45) is 3.80. The molecule has 1 aromatic carbocycles. The van der Waals surface area contributed by atoms with E-state index in [-0.39, 0.29) is 29.8 Å². The normalized spacial score (nSPS) is 19.2. The molecule has 0 saturated carbocycles. The third-order valence-corrected chi connectivity index (χ3v) is 5.38. The van der Waals surface area contributed by atoms with Gasteiger partial charge in [0.2, 0.25) is 5.91 Å². The van der Waals surface area contributed by atoms with Gasteiger partial charge in [-0.2, -0.15) is 5.10 Å². The lowest BCUT2D eigenvalue weighted by Crippen LogP contribution is -2.39. The maximum absolute atomic E-state index is 13.3. The molecule has 4 rings (SSSR count). The first-order valence-electron chi connectivity index (χ1n) is 9.52. The van der Waals surface area contributed by atoms with Crippen molar-refractivity contribution in [1.29, 1.82) is 0 Å². The Hall–Kier alpha value is -3.00. The number of carbonyl (C=O) groups is 1. The van der Waals surface area contributed by atoms with Crippen LogP contribution in [-0.2, 0) is 18.4 Å². The molecule has 2 atom stereocenters. The van der Waals surface area contributed by atoms with Gasteiger partial charge in [-0.1, -0.05) is 12.1 Å². The highest BCUT2D eigenvalue weighted by Gasteiger charge is 2.36. The highest BCUT2D eigenvalue weighted by Crippen LogP contribution is 2.29. The summed E-state index contributed by atoms with van der Waals surface area (Å²) in [6, 6.07) is 7.22. The molecular weight excluding hydrogens is 356 g/mol. The molecular formula is C20H24N6O2. The summed E-state index contributed by atoms with van der Waals surface area (Å²) in [6.45, 7) is 4.16. The number of aromatic amines is 1. The average Bonchev–Trinajstić information content (AvgIpc) is 3.34. The summed E-state index contributed by atoms with van der Waals surface area (Å²) < 4.78 is 1.76. The maximum atomic E-state index is 13.3. The number of amides is 1. The molecule has 0 bridgehead atoms. The van der Waals surface area contributed by atoms with Crippen molar-refractivity contribution in [3.8, 4) is 0 Å². The summed E-state index contributed by atoms with van der Waals surface area (Å²) in [5.74, 6) is 0.509. The molecule has 0 unspecified atom stereocenters. The second-order valence-corrected chi connectivity index (χ2v) is 7.20. The predicted molar refractivity (Wildman–Crippen MR) is 106 cm³/mol. The lowest BCUT2D eigenvalue weighted by Gasteiger charge is -2.26. The highest BCUT2D eigenvalue weighted by molar-refractivity contribution is 5.81. The Balaban J connectivity index is 1.57. The SMILES string of the molecule is CCN(Cc1nc2ccccc2c(=O)[nH]1)C(=O)[C@H]1CNC[C@@H]1c1cnn(C)c1. The molecule has 0 spiro atoms. The predicted octanol–water partition coefficient (Wildman–Crippen LogP) is 1.01. The van der Waals surface area contributed by atoms with E-state index < -0.39 is 0 Å². The van der Waals surface area contributed by atoms with Crippen molar-refractivity contribution in [1.82, 2.24) is 30.0 Å². The smallest absolute Gasteiger partial charge is 0.258 e. The second-order valence-electron chi connectivity index (χ2n) is 7.20. The van der Waals surface area contributed by atoms with Crippen LogP contribution >= 0.6 is 0 Å². The molecule has 1 aliphatic heterocycles. The number of aromatic nitrogens is 4. The Bertz CT molecular complexity index is 1060. The summed E-state index contributed by atoms with van der Waals surface area (Å²) >= 11 is 0. The molecule has 1 saturated heterocycles. The number of benzene rings is 1. The third kappa shape index (κ3) is 3.43. The Labute approximate surface area is 162 Å². The molecule has 2 N–H and O–H groups in total. The first-order chi connectivity index (χ1) is 13.6. The van der Waals surface area contributed by atoms with Gasteiger partial charge in [0, 0.05) is 38.8 Å². The first-order valence-corrected chi connectivity index (χ1v) is 9.52. The van der Waals surface area contributed by atoms with E-state index in [0.717, 1.165) is 12.1 Å². The highest BCUT2D eigenvalue weighted by atomic mass is 16.2. The summed E-state index contributed by atoms with van der Waals surface area (Å²) in [5.41, 5.74) is 1.53. The number of aryl methyl sites for hydroxylation is 1. The van der Waals surface area contributed by atoms with E-state index in [9.17, 15) is 9.59 Å². The van der Waals surface area contributed by atoms with Crippen LogP contribution in [0.5, 0.6) is 0 Å². The van der Waals surface area contributed by atoms with Crippen LogP contribution in [0.4, 0.5) is 0 Å². The van der Waals surface area contributed by atoms with Gasteiger partial charge < -0.3 is 15.2 Å². The van der Waals surface area contributed by atoms with Gasteiger partial charge in [-0.3, -0.25) is 14.3 Å². The van der Waals surface area contributed by atoms with E-state index in [4.69, 9.17) is 0 Å². The van der Waals surface area contributed by atoms with Gasteiger partial charge in [0.25, 0.3) is 5.56 Å². The number of hydrogen-bond acceptors (Lipinski definition) is 5. The van der Waals surface area contributed by atoms with Crippen molar-refractivity contribution < 1.29 is 4.79 Å². The molecule has 1 amide bonds. The van der Waals surface area contributed by atoms with Gasteiger partial charge in [-0.05, 0) is 24.6 Å². The minimum Gasteiger partial charge on any atom is -0.335 e. The fraction of sp³-hybridized carbons (Fsp3) is 0.400. The molecule has 28 heavy (non-hydrogen) atoms. The molecule has 3 heterocycles. The zero-order valence-electron chi connectivity index (χ0n) is 16.1. The van der Waals surface area contributed by atoms with Crippen LogP contribution in [0.3, 0.4) is 0 Å². The van der Waals surface area contributed by atoms with Crippen molar-refractivity contribution in [3.63, 3.8) is 0 Å². The molecule has 146 valence electrons. The number of nitrogens with zero attached hydrogens (tertiary/aromatic N) is 4. The van der Waals surface area contributed by atoms with Gasteiger partial charge in [-0.15, -0.1) is 0 Å². The molecule has 0 aliphatic carbocycles. The Kier molecular flexibility index (Phi) is 4.95. The van der Waals surface area contributed by atoms with Crippen molar-refractivity contribution >= 4 is 16.8 Å². The number of H-pyrrole nitrogens is 1. The van der Waals surface area contributed by atoms with Gasteiger partial charge in [0.05, 0.1) is 29.6 Å². The zero-order valence-corrected chi connectivity index (χ0v) is 16.1. The minimum atomic E-state index is -0.181. The summed E-state index contributed by atoms with van der Waals surface area (Å²) in [5, 5.41) is 8.12. The van der Waals surface area contributed by atoms with Crippen LogP contribution in [0, 0.1) is 5.92 Å². The first kappa shape index (κ1) is 18.4. The van der Waals surface area contributed by atoms with E-state index in [1.165, 1.54) is 0 Å². The fourth-order valence-corrected chi connectivity index (χ4v) is 3.89. The van der Waals surface area contributed by atoms with Crippen LogP contribution < -0.4 is 10.9 Å². The third-order valence-electron chi connectivity index (χ3n) is 5.38. The Morgan fingerprint density at radius 2 is 2.14 bits per heavy atom. The van der Waals surface area contributed by atoms with Crippen LogP contribution in [0.25, 0.3) is 10.9 Å². The van der Waals surface area contributed by atoms with Crippen molar-refractivity contribution in [2.24, 2.45) is 13.0 Å². The topological polar surface area (TPSA) is 95.9 Å². The molecule has 3 aromatic rings. The quantitative estimate of drug-likeness (QED) is 0.689. The number of nitrogens with one attached hydrogen (secondary N) is 2. The van der Waals surface area contributed by atoms with Gasteiger partial charge in [0.15, 0.2) is 0 Å². The Morgan fingerprint density at radius 3 is 2.89 bits per heavy atom. The largest absolute Gasteiger partial charge is 0.335 e. The number of para-hydroxylation sites is 1. The van der Waals surface area contributed by atoms with Crippen LogP contribution in [0.1, 0.15) is 24.2 Å². The van der Waals surface area contributed by atoms with Crippen LogP contribution in [0.2, 0.25) is 0 Å². The van der Waals surface area contributed by atoms with Crippen LogP contribution in [0.15, 0.2) is 41.5 Å². The van der Waals surface area contributed by atoms with Gasteiger partial charge in [-0.25, -0.2) is 4.98 Å². The second kappa shape index (κ2) is 7.55. The molecule has 2 aromatic heterocycles. The number of carbonyl (C=O) groups excluding carboxylic acids is 1. The fourth-order valence-electron chi connectivity index (χ4n) is 3.89. The molecule has 8 nitrogen and oxygen atoms in total. The van der Waals surface area contributed by atoms with E-state index in [0.29, 0.717) is 29.8 Å². The van der Waals surface area contributed by atoms with Gasteiger partial charge in [0.1, 0.15) is 5.82 Å². The molecule has 1 fully saturated rings. The number of fused-ring (bicyclic) bond motifs is 1. The van der Waals surface area contributed by atoms with Gasteiger partial charge >= 0.3 is 0 Å². The minimum absolute atomic E-state index is 0.0668. The van der Waals surface area contributed by atoms with E-state index in [1.54, 1.807) is 15.6 Å². The molecule has 0 radical (unpaired) electrons. The summed E-state index contributed by atoms with van der Waals surface area (Å²) in [4.78, 5) is 34.7. The van der Waals surface area contributed by atoms with Crippen molar-refractivity contribution in [2.75, 3.05) is 19.6 Å². The maximum Gasteiger partial charge on any atom is 0.258 e. The molecule has 1 aliphatic rings. The van der Waals surface area contributed by atoms with Crippen molar-refractivity contribution in [3.05, 3.63) is 58.4 Å².